The van der Waals surface area contributed by atoms with Crippen molar-refractivity contribution in [2.75, 3.05) is 12.0 Å². The number of hydrogen-bond donors (Lipinski definition) is 2. The second-order valence-corrected chi connectivity index (χ2v) is 4.44. The van der Waals surface area contributed by atoms with Crippen molar-refractivity contribution in [2.45, 2.75) is 59.3 Å². The van der Waals surface area contributed by atoms with E-state index in [1.54, 1.807) is 0 Å². The van der Waals surface area contributed by atoms with Crippen molar-refractivity contribution in [3.05, 3.63) is 30.3 Å². The molecule has 0 spiro atoms. The number of anilines is 1. The number of rotatable bonds is 8. The Morgan fingerprint density at radius 2 is 1.33 bits per heavy atom. The van der Waals surface area contributed by atoms with E-state index in [-0.39, 0.29) is 0 Å². The monoisotopic (exact) mass is 250 g/mol. The lowest BCUT2D eigenvalue weighted by Crippen LogP contribution is -2.20. The van der Waals surface area contributed by atoms with Crippen molar-refractivity contribution in [1.29, 1.82) is 0 Å². The summed E-state index contributed by atoms with van der Waals surface area (Å²) in [6, 6.07) is 10.0. The molecule has 0 aromatic heterocycles. The Bertz CT molecular complexity index is 241. The molecule has 0 bridgehead atoms. The molecular formula is C16H30N2. The summed E-state index contributed by atoms with van der Waals surface area (Å²) in [5.41, 5.74) is 7.16. The van der Waals surface area contributed by atoms with Crippen LogP contribution in [0.2, 0.25) is 0 Å². The Labute approximate surface area is 113 Å². The smallest absolute Gasteiger partial charge is 0.0487 e. The Balaban J connectivity index is 0.000000331. The highest BCUT2D eigenvalue weighted by Gasteiger charge is 1.84. The quantitative estimate of drug-likeness (QED) is 0.501. The minimum Gasteiger partial charge on any atom is -0.322 e. The van der Waals surface area contributed by atoms with Crippen LogP contribution in [-0.2, 0) is 0 Å². The van der Waals surface area contributed by atoms with Crippen LogP contribution in [0.3, 0.4) is 0 Å². The van der Waals surface area contributed by atoms with Gasteiger partial charge in [-0.3, -0.25) is 0 Å². The lowest BCUT2D eigenvalue weighted by Gasteiger charge is -2.03. The number of unbranched alkanes of at least 4 members (excludes halogenated alkanes) is 5. The standard InChI is InChI=1S/C8H12N2.C8H18/c1-2-9-10-8-6-4-3-5-7-8;1-3-5-7-8-6-4-2/h3-7,9-10H,2H2,1H3;3-8H2,1-2H3. The Kier molecular flexibility index (Phi) is 13.2. The molecule has 2 heteroatoms. The molecule has 0 atom stereocenters. The van der Waals surface area contributed by atoms with Crippen molar-refractivity contribution in [3.8, 4) is 0 Å². The van der Waals surface area contributed by atoms with Crippen LogP contribution in [0.5, 0.6) is 0 Å². The highest BCUT2D eigenvalue weighted by atomic mass is 15.3. The molecule has 1 aromatic rings. The van der Waals surface area contributed by atoms with Crippen molar-refractivity contribution in [3.63, 3.8) is 0 Å². The third-order valence-corrected chi connectivity index (χ3v) is 2.64. The van der Waals surface area contributed by atoms with E-state index in [1.807, 2.05) is 30.3 Å². The fraction of sp³-hybridized carbons (Fsp3) is 0.625. The Morgan fingerprint density at radius 1 is 0.778 bits per heavy atom. The van der Waals surface area contributed by atoms with Crippen molar-refractivity contribution >= 4 is 5.69 Å². The van der Waals surface area contributed by atoms with Gasteiger partial charge in [-0.1, -0.05) is 77.5 Å². The maximum atomic E-state index is 3.04. The molecule has 0 saturated carbocycles. The molecule has 104 valence electrons. The van der Waals surface area contributed by atoms with Gasteiger partial charge in [0, 0.05) is 12.2 Å². The normalized spacial score (nSPS) is 9.50. The fourth-order valence-corrected chi connectivity index (χ4v) is 1.57. The van der Waals surface area contributed by atoms with Crippen LogP contribution in [0.1, 0.15) is 59.3 Å². The first-order valence-corrected chi connectivity index (χ1v) is 7.39. The molecule has 0 heterocycles. The zero-order valence-corrected chi connectivity index (χ0v) is 12.3. The Morgan fingerprint density at radius 3 is 1.78 bits per heavy atom. The van der Waals surface area contributed by atoms with Gasteiger partial charge >= 0.3 is 0 Å². The molecule has 0 aliphatic heterocycles. The van der Waals surface area contributed by atoms with Gasteiger partial charge in [0.15, 0.2) is 0 Å². The van der Waals surface area contributed by atoms with Crippen LogP contribution in [0, 0.1) is 0 Å². The molecule has 0 aliphatic carbocycles. The third kappa shape index (κ3) is 11.5. The van der Waals surface area contributed by atoms with Crippen LogP contribution < -0.4 is 10.9 Å². The number of hydrogen-bond acceptors (Lipinski definition) is 2. The van der Waals surface area contributed by atoms with Gasteiger partial charge in [0.2, 0.25) is 0 Å². The molecule has 0 aliphatic rings. The predicted molar refractivity (Wildman–Crippen MR) is 82.8 cm³/mol. The van der Waals surface area contributed by atoms with Crippen LogP contribution in [0.15, 0.2) is 30.3 Å². The molecule has 0 fully saturated rings. The van der Waals surface area contributed by atoms with Crippen molar-refractivity contribution < 1.29 is 0 Å². The third-order valence-electron chi connectivity index (χ3n) is 2.64. The molecule has 1 aromatic carbocycles. The number of para-hydroxylation sites is 1. The minimum atomic E-state index is 0.925. The van der Waals surface area contributed by atoms with Gasteiger partial charge in [-0.15, -0.1) is 0 Å². The zero-order chi connectivity index (χ0) is 13.5. The maximum absolute atomic E-state index is 3.04. The van der Waals surface area contributed by atoms with Crippen LogP contribution in [-0.4, -0.2) is 6.54 Å². The van der Waals surface area contributed by atoms with Crippen LogP contribution in [0.25, 0.3) is 0 Å². The highest BCUT2D eigenvalue weighted by molar-refractivity contribution is 5.41. The summed E-state index contributed by atoms with van der Waals surface area (Å²) in [6.07, 6.45) is 8.49. The van der Waals surface area contributed by atoms with Gasteiger partial charge in [-0.05, 0) is 12.1 Å². The van der Waals surface area contributed by atoms with E-state index in [9.17, 15) is 0 Å². The molecule has 0 saturated heterocycles. The lowest BCUT2D eigenvalue weighted by atomic mass is 10.1. The maximum Gasteiger partial charge on any atom is 0.0487 e. The van der Waals surface area contributed by atoms with E-state index < -0.39 is 0 Å². The topological polar surface area (TPSA) is 24.1 Å². The lowest BCUT2D eigenvalue weighted by molar-refractivity contribution is 0.624. The van der Waals surface area contributed by atoms with E-state index in [1.165, 1.54) is 38.5 Å². The second-order valence-electron chi connectivity index (χ2n) is 4.44. The van der Waals surface area contributed by atoms with Crippen LogP contribution in [0.4, 0.5) is 5.69 Å². The summed E-state index contributed by atoms with van der Waals surface area (Å²) in [4.78, 5) is 0. The summed E-state index contributed by atoms with van der Waals surface area (Å²) in [5.74, 6) is 0. The first-order chi connectivity index (χ1) is 8.85. The minimum absolute atomic E-state index is 0.925. The van der Waals surface area contributed by atoms with Crippen LogP contribution >= 0.6 is 0 Å². The Hall–Kier alpha value is -1.02. The van der Waals surface area contributed by atoms with E-state index >= 15 is 0 Å². The first kappa shape index (κ1) is 17.0. The molecule has 0 unspecified atom stereocenters. The van der Waals surface area contributed by atoms with E-state index in [2.05, 4.69) is 31.6 Å². The average molecular weight is 250 g/mol. The fourth-order valence-electron chi connectivity index (χ4n) is 1.57. The van der Waals surface area contributed by atoms with Gasteiger partial charge in [-0.25, -0.2) is 5.43 Å². The van der Waals surface area contributed by atoms with Crippen molar-refractivity contribution in [1.82, 2.24) is 5.43 Å². The summed E-state index contributed by atoms with van der Waals surface area (Å²) >= 11 is 0. The van der Waals surface area contributed by atoms with Gasteiger partial charge < -0.3 is 5.43 Å². The molecule has 2 nitrogen and oxygen atoms in total. The van der Waals surface area contributed by atoms with Gasteiger partial charge in [-0.2, -0.15) is 0 Å². The summed E-state index contributed by atoms with van der Waals surface area (Å²) in [5, 5.41) is 0. The molecule has 0 amide bonds. The number of benzene rings is 1. The van der Waals surface area contributed by atoms with Gasteiger partial charge in [0.25, 0.3) is 0 Å². The summed E-state index contributed by atoms with van der Waals surface area (Å²) < 4.78 is 0. The van der Waals surface area contributed by atoms with E-state index in [4.69, 9.17) is 0 Å². The van der Waals surface area contributed by atoms with Crippen molar-refractivity contribution in [2.24, 2.45) is 0 Å². The molecular weight excluding hydrogens is 220 g/mol. The number of nitrogens with one attached hydrogen (secondary N) is 2. The summed E-state index contributed by atoms with van der Waals surface area (Å²) in [7, 11) is 0. The molecule has 2 N–H and O–H groups in total. The van der Waals surface area contributed by atoms with Gasteiger partial charge in [0.05, 0.1) is 0 Å². The summed E-state index contributed by atoms with van der Waals surface area (Å²) in [6.45, 7) is 7.49. The molecule has 1 rings (SSSR count). The molecule has 0 radical (unpaired) electrons. The average Bonchev–Trinajstić information content (AvgIpc) is 2.43. The predicted octanol–water partition coefficient (Wildman–Crippen LogP) is 4.99. The van der Waals surface area contributed by atoms with Gasteiger partial charge in [0.1, 0.15) is 0 Å². The second kappa shape index (κ2) is 14.0. The largest absolute Gasteiger partial charge is 0.322 e. The van der Waals surface area contributed by atoms with E-state index in [0.29, 0.717) is 0 Å². The number of hydrazine groups is 1. The highest BCUT2D eigenvalue weighted by Crippen LogP contribution is 2.03. The molecule has 18 heavy (non-hydrogen) atoms. The SMILES string of the molecule is CCCCCCCC.CCNNc1ccccc1. The first-order valence-electron chi connectivity index (χ1n) is 7.39. The van der Waals surface area contributed by atoms with E-state index in [0.717, 1.165) is 12.2 Å². The zero-order valence-electron chi connectivity index (χ0n) is 12.3.